The quantitative estimate of drug-likeness (QED) is 0.351. The van der Waals surface area contributed by atoms with Crippen molar-refractivity contribution in [3.05, 3.63) is 102 Å². The molecule has 0 bridgehead atoms. The standard InChI is InChI=1S/C26H24N4O5/c1-4-16(19-9-8-14(3)35-19)28-21-22(24(32)23(21)31)29-17-7-5-6-15-12-30(26(34)20(15)17)18-10-13(2)11-27-25(18)33/h5-11,16,28-29H,4,12H2,1-3H3,(H,27,33)/t16-/m1/s1. The molecule has 9 nitrogen and oxygen atoms in total. The lowest BCUT2D eigenvalue weighted by Crippen LogP contribution is -2.37. The Balaban J connectivity index is 1.46. The van der Waals surface area contributed by atoms with Crippen molar-refractivity contribution in [2.24, 2.45) is 0 Å². The summed E-state index contributed by atoms with van der Waals surface area (Å²) >= 11 is 0. The molecule has 0 aliphatic carbocycles. The van der Waals surface area contributed by atoms with Crippen LogP contribution in [0.4, 0.5) is 22.7 Å². The maximum atomic E-state index is 13.3. The van der Waals surface area contributed by atoms with Crippen LogP contribution < -0.4 is 32.0 Å². The highest BCUT2D eigenvalue weighted by Crippen LogP contribution is 2.35. The normalized spacial score (nSPS) is 13.8. The summed E-state index contributed by atoms with van der Waals surface area (Å²) in [6, 6.07) is 10.3. The lowest BCUT2D eigenvalue weighted by molar-refractivity contribution is 0.0997. The molecule has 0 radical (unpaired) electrons. The van der Waals surface area contributed by atoms with Gasteiger partial charge in [-0.3, -0.25) is 24.1 Å². The van der Waals surface area contributed by atoms with E-state index in [0.717, 1.165) is 11.3 Å². The topological polar surface area (TPSA) is 125 Å². The van der Waals surface area contributed by atoms with Gasteiger partial charge in [-0.25, -0.2) is 0 Å². The number of fused-ring (bicyclic) bond motifs is 1. The fourth-order valence-electron chi connectivity index (χ4n) is 4.41. The van der Waals surface area contributed by atoms with Crippen molar-refractivity contribution < 1.29 is 9.21 Å². The minimum atomic E-state index is -0.659. The zero-order chi connectivity index (χ0) is 24.9. The number of carbonyl (C=O) groups is 1. The van der Waals surface area contributed by atoms with Gasteiger partial charge in [0.25, 0.3) is 22.3 Å². The first-order valence-corrected chi connectivity index (χ1v) is 11.3. The molecule has 3 N–H and O–H groups in total. The minimum Gasteiger partial charge on any atom is -0.464 e. The predicted octanol–water partition coefficient (Wildman–Crippen LogP) is 3.65. The highest BCUT2D eigenvalue weighted by Gasteiger charge is 2.33. The van der Waals surface area contributed by atoms with Crippen molar-refractivity contribution in [1.82, 2.24) is 4.98 Å². The largest absolute Gasteiger partial charge is 0.464 e. The Morgan fingerprint density at radius 2 is 1.83 bits per heavy atom. The van der Waals surface area contributed by atoms with E-state index in [4.69, 9.17) is 4.42 Å². The maximum Gasteiger partial charge on any atom is 0.271 e. The second-order valence-electron chi connectivity index (χ2n) is 8.71. The number of hydrogen-bond acceptors (Lipinski definition) is 7. The summed E-state index contributed by atoms with van der Waals surface area (Å²) in [5.41, 5.74) is 1.17. The summed E-state index contributed by atoms with van der Waals surface area (Å²) in [6.45, 7) is 5.83. The molecular weight excluding hydrogens is 448 g/mol. The summed E-state index contributed by atoms with van der Waals surface area (Å²) in [5.74, 6) is 1.06. The zero-order valence-electron chi connectivity index (χ0n) is 19.5. The molecule has 1 aliphatic heterocycles. The molecule has 35 heavy (non-hydrogen) atoms. The molecule has 2 aromatic heterocycles. The molecule has 0 unspecified atom stereocenters. The summed E-state index contributed by atoms with van der Waals surface area (Å²) in [7, 11) is 0. The van der Waals surface area contributed by atoms with Gasteiger partial charge in [0.2, 0.25) is 0 Å². The van der Waals surface area contributed by atoms with E-state index in [9.17, 15) is 19.2 Å². The van der Waals surface area contributed by atoms with E-state index in [1.54, 1.807) is 30.5 Å². The lowest BCUT2D eigenvalue weighted by Gasteiger charge is -2.21. The second-order valence-corrected chi connectivity index (χ2v) is 8.71. The first-order valence-electron chi connectivity index (χ1n) is 11.3. The van der Waals surface area contributed by atoms with E-state index in [2.05, 4.69) is 15.6 Å². The molecular formula is C26H24N4O5. The third-order valence-corrected chi connectivity index (χ3v) is 6.26. The third kappa shape index (κ3) is 3.74. The highest BCUT2D eigenvalue weighted by molar-refractivity contribution is 6.14. The van der Waals surface area contributed by atoms with Crippen LogP contribution in [0.5, 0.6) is 0 Å². The van der Waals surface area contributed by atoms with E-state index < -0.39 is 10.9 Å². The van der Waals surface area contributed by atoms with Crippen LogP contribution in [0.1, 0.15) is 52.4 Å². The fraction of sp³-hybridized carbons (Fsp3) is 0.231. The van der Waals surface area contributed by atoms with Crippen molar-refractivity contribution >= 4 is 28.7 Å². The SMILES string of the molecule is CC[C@@H](Nc1c(Nc2cccc3c2C(=O)N(c2cc(C)c[nH]c2=O)C3)c(=O)c1=O)c1ccc(C)o1. The number of pyridine rings is 1. The predicted molar refractivity (Wildman–Crippen MR) is 133 cm³/mol. The number of furan rings is 1. The van der Waals surface area contributed by atoms with Gasteiger partial charge in [-0.1, -0.05) is 19.1 Å². The molecule has 9 heteroatoms. The van der Waals surface area contributed by atoms with Crippen molar-refractivity contribution in [2.45, 2.75) is 39.8 Å². The van der Waals surface area contributed by atoms with Crippen molar-refractivity contribution in [3.63, 3.8) is 0 Å². The van der Waals surface area contributed by atoms with E-state index in [-0.39, 0.29) is 41.1 Å². The molecule has 0 spiro atoms. The zero-order valence-corrected chi connectivity index (χ0v) is 19.5. The van der Waals surface area contributed by atoms with Crippen molar-refractivity contribution in [1.29, 1.82) is 0 Å². The summed E-state index contributed by atoms with van der Waals surface area (Å²) < 4.78 is 5.69. The number of H-pyrrole nitrogens is 1. The number of amides is 1. The van der Waals surface area contributed by atoms with Crippen LogP contribution in [0.3, 0.4) is 0 Å². The molecule has 2 aromatic carbocycles. The second kappa shape index (κ2) is 8.43. The van der Waals surface area contributed by atoms with Gasteiger partial charge < -0.3 is 20.0 Å². The number of nitrogens with zero attached hydrogens (tertiary/aromatic N) is 1. The highest BCUT2D eigenvalue weighted by atomic mass is 16.3. The average Bonchev–Trinajstić information content (AvgIpc) is 3.43. The number of hydrogen-bond donors (Lipinski definition) is 3. The summed E-state index contributed by atoms with van der Waals surface area (Å²) in [5, 5.41) is 6.13. The minimum absolute atomic E-state index is 0.102. The third-order valence-electron chi connectivity index (χ3n) is 6.26. The molecule has 3 heterocycles. The van der Waals surface area contributed by atoms with E-state index in [1.165, 1.54) is 4.90 Å². The number of nitrogens with one attached hydrogen (secondary N) is 3. The number of aromatic nitrogens is 1. The van der Waals surface area contributed by atoms with Crippen LogP contribution >= 0.6 is 0 Å². The Morgan fingerprint density at radius 3 is 2.54 bits per heavy atom. The van der Waals surface area contributed by atoms with Gasteiger partial charge in [0, 0.05) is 6.20 Å². The van der Waals surface area contributed by atoms with Gasteiger partial charge >= 0.3 is 0 Å². The van der Waals surface area contributed by atoms with Crippen LogP contribution in [0, 0.1) is 13.8 Å². The first kappa shape index (κ1) is 22.4. The van der Waals surface area contributed by atoms with Gasteiger partial charge in [-0.05, 0) is 55.7 Å². The number of carbonyl (C=O) groups excluding carboxylic acids is 1. The number of aryl methyl sites for hydroxylation is 2. The monoisotopic (exact) mass is 472 g/mol. The molecule has 1 aliphatic rings. The number of aromatic amines is 1. The number of rotatable bonds is 7. The average molecular weight is 473 g/mol. The number of anilines is 4. The molecule has 1 atom stereocenters. The fourth-order valence-corrected chi connectivity index (χ4v) is 4.41. The molecule has 0 saturated heterocycles. The van der Waals surface area contributed by atoms with Crippen LogP contribution in [-0.4, -0.2) is 10.9 Å². The molecule has 178 valence electrons. The Labute approximate surface area is 200 Å². The molecule has 0 saturated carbocycles. The first-order chi connectivity index (χ1) is 16.8. The van der Waals surface area contributed by atoms with E-state index >= 15 is 0 Å². The van der Waals surface area contributed by atoms with Gasteiger partial charge in [-0.15, -0.1) is 0 Å². The smallest absolute Gasteiger partial charge is 0.271 e. The van der Waals surface area contributed by atoms with Gasteiger partial charge in [0.15, 0.2) is 0 Å². The molecule has 4 aromatic rings. The van der Waals surface area contributed by atoms with Crippen LogP contribution in [0.2, 0.25) is 0 Å². The Bertz CT molecular complexity index is 1590. The summed E-state index contributed by atoms with van der Waals surface area (Å²) in [4.78, 5) is 54.6. The van der Waals surface area contributed by atoms with Gasteiger partial charge in [0.05, 0.1) is 23.8 Å². The Kier molecular flexibility index (Phi) is 5.39. The maximum absolute atomic E-state index is 13.3. The lowest BCUT2D eigenvalue weighted by atomic mass is 10.1. The molecule has 5 rings (SSSR count). The molecule has 0 fully saturated rings. The van der Waals surface area contributed by atoms with Crippen molar-refractivity contribution in [2.75, 3.05) is 15.5 Å². The number of benzene rings is 1. The van der Waals surface area contributed by atoms with Crippen molar-refractivity contribution in [3.8, 4) is 0 Å². The van der Waals surface area contributed by atoms with Crippen LogP contribution in [0.15, 0.2) is 61.4 Å². The van der Waals surface area contributed by atoms with Gasteiger partial charge in [-0.2, -0.15) is 0 Å². The van der Waals surface area contributed by atoms with E-state index in [0.29, 0.717) is 29.0 Å². The summed E-state index contributed by atoms with van der Waals surface area (Å²) in [6.07, 6.45) is 2.21. The Hall–Kier alpha value is -4.40. The van der Waals surface area contributed by atoms with Crippen LogP contribution in [0.25, 0.3) is 0 Å². The molecule has 1 amide bonds. The van der Waals surface area contributed by atoms with Crippen LogP contribution in [-0.2, 0) is 6.54 Å². The Morgan fingerprint density at radius 1 is 1.06 bits per heavy atom. The van der Waals surface area contributed by atoms with Gasteiger partial charge in [0.1, 0.15) is 28.6 Å². The van der Waals surface area contributed by atoms with E-state index in [1.807, 2.05) is 32.9 Å².